The Morgan fingerprint density at radius 3 is 2.64 bits per heavy atom. The predicted molar refractivity (Wildman–Crippen MR) is 132 cm³/mol. The van der Waals surface area contributed by atoms with Gasteiger partial charge >= 0.3 is 17.8 Å². The van der Waals surface area contributed by atoms with Crippen LogP contribution in [0.25, 0.3) is 6.08 Å². The number of hydrogen-bond acceptors (Lipinski definition) is 7. The van der Waals surface area contributed by atoms with Gasteiger partial charge in [-0.2, -0.15) is 0 Å². The van der Waals surface area contributed by atoms with Crippen LogP contribution < -0.4 is 10.6 Å². The summed E-state index contributed by atoms with van der Waals surface area (Å²) in [7, 11) is 1.52. The molecule has 0 atom stereocenters. The largest absolute Gasteiger partial charge is 0.462 e. The minimum absolute atomic E-state index is 0.0709. The third kappa shape index (κ3) is 6.41. The highest BCUT2D eigenvalue weighted by Crippen LogP contribution is 2.31. The molecule has 10 nitrogen and oxygen atoms in total. The van der Waals surface area contributed by atoms with Gasteiger partial charge in [-0.1, -0.05) is 17.7 Å². The smallest absolute Gasteiger partial charge is 0.340 e. The van der Waals surface area contributed by atoms with Gasteiger partial charge in [0.15, 0.2) is 0 Å². The van der Waals surface area contributed by atoms with Crippen molar-refractivity contribution in [3.8, 4) is 0 Å². The average molecular weight is 516 g/mol. The van der Waals surface area contributed by atoms with Crippen molar-refractivity contribution in [2.75, 3.05) is 32.2 Å². The molecule has 0 fully saturated rings. The van der Waals surface area contributed by atoms with Crippen LogP contribution in [-0.2, 0) is 35.2 Å². The standard InChI is InChI=1S/C25H26ClN3O7/c1-4-35-25(33)21-15(2)29(10-11-34-3)24(32)20(21)13-18-8-9-19(36-18)14-27-22(30)23(31)28-17-7-5-6-16(26)12-17/h5-9,12-13H,4,10-11,14H2,1-3H3,(H,27,30)(H,28,31)/b20-13+. The molecule has 1 aromatic carbocycles. The molecule has 11 heteroatoms. The molecule has 0 saturated carbocycles. The lowest BCUT2D eigenvalue weighted by atomic mass is 10.1. The number of amides is 3. The highest BCUT2D eigenvalue weighted by Gasteiger charge is 2.37. The van der Waals surface area contributed by atoms with E-state index >= 15 is 0 Å². The third-order valence-corrected chi connectivity index (χ3v) is 5.43. The summed E-state index contributed by atoms with van der Waals surface area (Å²) in [5.41, 5.74) is 1.14. The number of benzene rings is 1. The highest BCUT2D eigenvalue weighted by atomic mass is 35.5. The molecule has 0 saturated heterocycles. The van der Waals surface area contributed by atoms with Crippen molar-refractivity contribution in [2.45, 2.75) is 20.4 Å². The minimum Gasteiger partial charge on any atom is -0.462 e. The van der Waals surface area contributed by atoms with Crippen LogP contribution in [0.5, 0.6) is 0 Å². The number of nitrogens with zero attached hydrogens (tertiary/aromatic N) is 1. The second-order valence-corrected chi connectivity index (χ2v) is 8.08. The van der Waals surface area contributed by atoms with Crippen LogP contribution in [0.15, 0.2) is 57.7 Å². The fraction of sp³-hybridized carbons (Fsp3) is 0.280. The molecular weight excluding hydrogens is 490 g/mol. The monoisotopic (exact) mass is 515 g/mol. The second-order valence-electron chi connectivity index (χ2n) is 7.64. The van der Waals surface area contributed by atoms with E-state index in [0.29, 0.717) is 28.8 Å². The number of hydrogen-bond donors (Lipinski definition) is 2. The number of carbonyl (C=O) groups excluding carboxylic acids is 4. The summed E-state index contributed by atoms with van der Waals surface area (Å²) in [4.78, 5) is 51.3. The van der Waals surface area contributed by atoms with Gasteiger partial charge in [-0.25, -0.2) is 4.79 Å². The van der Waals surface area contributed by atoms with E-state index in [2.05, 4.69) is 10.6 Å². The molecule has 1 aliphatic heterocycles. The van der Waals surface area contributed by atoms with E-state index in [0.717, 1.165) is 0 Å². The average Bonchev–Trinajstić information content (AvgIpc) is 3.38. The quantitative estimate of drug-likeness (QED) is 0.298. The van der Waals surface area contributed by atoms with Gasteiger partial charge in [-0.15, -0.1) is 0 Å². The molecule has 3 amide bonds. The van der Waals surface area contributed by atoms with Crippen molar-refractivity contribution < 1.29 is 33.1 Å². The first kappa shape index (κ1) is 26.7. The maximum atomic E-state index is 13.0. The van der Waals surface area contributed by atoms with Crippen molar-refractivity contribution in [2.24, 2.45) is 0 Å². The van der Waals surface area contributed by atoms with Gasteiger partial charge in [0.1, 0.15) is 11.5 Å². The lowest BCUT2D eigenvalue weighted by Crippen LogP contribution is -2.34. The zero-order chi connectivity index (χ0) is 26.2. The lowest BCUT2D eigenvalue weighted by molar-refractivity contribution is -0.138. The Morgan fingerprint density at radius 1 is 1.17 bits per heavy atom. The van der Waals surface area contributed by atoms with E-state index in [1.54, 1.807) is 44.2 Å². The molecule has 0 spiro atoms. The molecular formula is C25H26ClN3O7. The lowest BCUT2D eigenvalue weighted by Gasteiger charge is -2.16. The van der Waals surface area contributed by atoms with Crippen LogP contribution in [0.3, 0.4) is 0 Å². The summed E-state index contributed by atoms with van der Waals surface area (Å²) in [6.07, 6.45) is 1.45. The molecule has 0 aliphatic carbocycles. The number of ether oxygens (including phenoxy) is 2. The Hall–Kier alpha value is -3.89. The van der Waals surface area contributed by atoms with Crippen molar-refractivity contribution >= 4 is 47.1 Å². The highest BCUT2D eigenvalue weighted by molar-refractivity contribution is 6.39. The number of anilines is 1. The molecule has 36 heavy (non-hydrogen) atoms. The molecule has 190 valence electrons. The maximum absolute atomic E-state index is 13.0. The van der Waals surface area contributed by atoms with Crippen molar-refractivity contribution in [1.29, 1.82) is 0 Å². The summed E-state index contributed by atoms with van der Waals surface area (Å²) >= 11 is 5.87. The second kappa shape index (κ2) is 12.2. The number of furan rings is 1. The van der Waals surface area contributed by atoms with Crippen molar-refractivity contribution in [3.63, 3.8) is 0 Å². The molecule has 1 aromatic heterocycles. The molecule has 1 aliphatic rings. The fourth-order valence-electron chi connectivity index (χ4n) is 3.49. The van der Waals surface area contributed by atoms with Gasteiger partial charge < -0.3 is 29.4 Å². The SMILES string of the molecule is CCOC(=O)C1=C(C)N(CCOC)C(=O)/C1=C/c1ccc(CNC(=O)C(=O)Nc2cccc(Cl)c2)o1. The number of halogens is 1. The minimum atomic E-state index is -0.866. The normalized spacial score (nSPS) is 14.4. The van der Waals surface area contributed by atoms with Gasteiger partial charge in [-0.05, 0) is 50.3 Å². The Morgan fingerprint density at radius 2 is 1.94 bits per heavy atom. The van der Waals surface area contributed by atoms with Crippen LogP contribution in [0.1, 0.15) is 25.4 Å². The topological polar surface area (TPSA) is 127 Å². The molecule has 0 radical (unpaired) electrons. The Bertz CT molecular complexity index is 1230. The zero-order valence-electron chi connectivity index (χ0n) is 20.1. The molecule has 0 bridgehead atoms. The number of methoxy groups -OCH3 is 1. The first-order valence-electron chi connectivity index (χ1n) is 11.1. The zero-order valence-corrected chi connectivity index (χ0v) is 20.8. The summed E-state index contributed by atoms with van der Waals surface area (Å²) in [6.45, 7) is 4.00. The molecule has 2 aromatic rings. The van der Waals surface area contributed by atoms with Crippen molar-refractivity contribution in [1.82, 2.24) is 10.2 Å². The van der Waals surface area contributed by atoms with Crippen LogP contribution in [0.2, 0.25) is 5.02 Å². The van der Waals surface area contributed by atoms with Crippen LogP contribution in [-0.4, -0.2) is 55.5 Å². The van der Waals surface area contributed by atoms with Gasteiger partial charge in [0.2, 0.25) is 0 Å². The third-order valence-electron chi connectivity index (χ3n) is 5.19. The number of rotatable bonds is 9. The van der Waals surface area contributed by atoms with Gasteiger partial charge in [-0.3, -0.25) is 14.4 Å². The van der Waals surface area contributed by atoms with Gasteiger partial charge in [0.25, 0.3) is 5.91 Å². The van der Waals surface area contributed by atoms with E-state index in [4.69, 9.17) is 25.5 Å². The maximum Gasteiger partial charge on any atom is 0.340 e. The van der Waals surface area contributed by atoms with Crippen LogP contribution in [0, 0.1) is 0 Å². The van der Waals surface area contributed by atoms with Gasteiger partial charge in [0, 0.05) is 30.1 Å². The first-order valence-corrected chi connectivity index (χ1v) is 11.5. The number of nitrogens with one attached hydrogen (secondary N) is 2. The molecule has 2 N–H and O–H groups in total. The Labute approximate surface area is 212 Å². The fourth-order valence-corrected chi connectivity index (χ4v) is 3.68. The predicted octanol–water partition coefficient (Wildman–Crippen LogP) is 2.90. The Balaban J connectivity index is 1.70. The van der Waals surface area contributed by atoms with E-state index in [9.17, 15) is 19.2 Å². The first-order chi connectivity index (χ1) is 17.2. The Kier molecular flexibility index (Phi) is 9.04. The molecule has 3 rings (SSSR count). The van der Waals surface area contributed by atoms with Crippen LogP contribution >= 0.6 is 11.6 Å². The van der Waals surface area contributed by atoms with Crippen LogP contribution in [0.4, 0.5) is 5.69 Å². The summed E-state index contributed by atoms with van der Waals surface area (Å²) in [5, 5.41) is 5.33. The molecule has 0 unspecified atom stereocenters. The van der Waals surface area contributed by atoms with Crippen molar-refractivity contribution in [3.05, 3.63) is 69.8 Å². The summed E-state index contributed by atoms with van der Waals surface area (Å²) < 4.78 is 15.9. The van der Waals surface area contributed by atoms with E-state index in [-0.39, 0.29) is 42.5 Å². The van der Waals surface area contributed by atoms with Gasteiger partial charge in [0.05, 0.1) is 30.9 Å². The van der Waals surface area contributed by atoms with E-state index in [1.807, 2.05) is 0 Å². The number of carbonyl (C=O) groups is 4. The van der Waals surface area contributed by atoms with E-state index in [1.165, 1.54) is 24.2 Å². The summed E-state index contributed by atoms with van der Waals surface area (Å²) in [6, 6.07) is 9.58. The number of allylic oxidation sites excluding steroid dienone is 1. The van der Waals surface area contributed by atoms with E-state index < -0.39 is 17.8 Å². The number of esters is 1. The summed E-state index contributed by atoms with van der Waals surface area (Å²) in [5.74, 6) is -2.09. The molecule has 2 heterocycles.